The third-order valence-corrected chi connectivity index (χ3v) is 30.7. The number of carbonyl (C=O) groups is 6. The zero-order valence-corrected chi connectivity index (χ0v) is 61.5. The van der Waals surface area contributed by atoms with E-state index >= 15 is 0 Å². The number of hydrogen-bond acceptors (Lipinski definition) is 27. The molecule has 0 aromatic heterocycles. The number of ether oxygens (including phenoxy) is 3. The lowest BCUT2D eigenvalue weighted by Gasteiger charge is -2.46. The SMILES string of the molecule is CC(=O)N[C@H]1[C@H]([C@H](O)[C@H](O)CO)O[C@@](SCCCCCSCCC[Si](CCCSCCCCCS[C@]2(C(=O)O)C[C@H](O)[C@@H](NC(C)=O)[C@H]([C@H](O)[C@H](O)CO)O2)(CCCSCCCCCS[C@]2(C(=O)O)C[C@H](O)[C@@H](NC(C)=O)[C@H]([C@H](O)[C@H](O)CO)O2)c2ccccc2)(C(=O)O)C[C@@H]1O. The maximum atomic E-state index is 12.7. The van der Waals surface area contributed by atoms with Crippen molar-refractivity contribution in [1.82, 2.24) is 16.0 Å². The second-order valence-corrected chi connectivity index (χ2v) is 37.5. The molecule has 3 heterocycles. The highest BCUT2D eigenvalue weighted by atomic mass is 32.2. The van der Waals surface area contributed by atoms with Crippen LogP contribution in [0.4, 0.5) is 0 Å². The monoisotopic (exact) mass is 1510 g/mol. The van der Waals surface area contributed by atoms with Crippen molar-refractivity contribution in [3.8, 4) is 0 Å². The number of aliphatic carboxylic acids is 3. The van der Waals surface area contributed by atoms with Gasteiger partial charge in [-0.3, -0.25) is 14.4 Å². The van der Waals surface area contributed by atoms with Crippen LogP contribution < -0.4 is 21.1 Å². The first kappa shape index (κ1) is 87.2. The molecule has 3 amide bonds. The standard InChI is InChI=1S/C63H107N3O24S6Si/c1-39(70)64-49-43(73)33-61(58(82)83,88-55(49)52(79)46(76)36-67)94-27-13-5-10-21-91-24-16-30-97(42-19-8-4-9-20-42,31-17-25-92-22-11-6-14-28-95-62(59(84)85)34-44(74)50(65-40(2)71)56(89-62)53(80)47(77)37-68)32-18-26-93-23-12-7-15-29-96-63(60(86)87)35-45(75)51(66-41(3)72)57(90-63)54(81)48(78)38-69/h4,8-9,19-20,43-57,67-69,73-81H,5-7,10-18,21-38H2,1-3H3,(H,64,70)(H,65,71)(H,66,72)(H,82,83)(H,84,85)(H,86,87)/t43-,44-,45-,46+,47+,48+,49+,50+,51+,52+,53+,54+,55+,56+,57+,61-,62-,63-/m0/s1. The number of thioether (sulfide) groups is 6. The van der Waals surface area contributed by atoms with E-state index in [9.17, 15) is 105 Å². The summed E-state index contributed by atoms with van der Waals surface area (Å²) in [6, 6.07) is 10.4. The lowest BCUT2D eigenvalue weighted by atomic mass is 9.90. The molecule has 27 nitrogen and oxygen atoms in total. The Kier molecular flexibility index (Phi) is 39.9. The number of aliphatic hydroxyl groups excluding tert-OH is 12. The fourth-order valence-corrected chi connectivity index (χ4v) is 25.0. The molecular formula is C63H107N3O24S6Si. The number of hydrogen-bond donors (Lipinski definition) is 18. The van der Waals surface area contributed by atoms with Gasteiger partial charge in [-0.1, -0.05) is 72.9 Å². The normalized spacial score (nSPS) is 28.0. The van der Waals surface area contributed by atoms with E-state index < -0.39 is 170 Å². The maximum Gasteiger partial charge on any atom is 0.346 e. The van der Waals surface area contributed by atoms with Crippen molar-refractivity contribution in [2.24, 2.45) is 0 Å². The van der Waals surface area contributed by atoms with Crippen molar-refractivity contribution in [1.29, 1.82) is 0 Å². The van der Waals surface area contributed by atoms with E-state index in [1.165, 1.54) is 26.0 Å². The van der Waals surface area contributed by atoms with E-state index in [1.54, 1.807) is 0 Å². The van der Waals surface area contributed by atoms with Crippen LogP contribution in [0.5, 0.6) is 0 Å². The van der Waals surface area contributed by atoms with Crippen molar-refractivity contribution < 1.29 is 120 Å². The molecule has 0 bridgehead atoms. The summed E-state index contributed by atoms with van der Waals surface area (Å²) in [6.07, 6.45) is -10.7. The maximum absolute atomic E-state index is 12.7. The highest BCUT2D eigenvalue weighted by Gasteiger charge is 2.58. The van der Waals surface area contributed by atoms with Crippen LogP contribution in [-0.4, -0.2) is 298 Å². The zero-order chi connectivity index (χ0) is 71.9. The molecule has 3 saturated heterocycles. The van der Waals surface area contributed by atoms with Gasteiger partial charge < -0.3 is 107 Å². The Bertz CT molecular complexity index is 2290. The molecule has 0 radical (unpaired) electrons. The number of benzene rings is 1. The molecule has 34 heteroatoms. The number of nitrogens with one attached hydrogen (secondary N) is 3. The molecule has 3 fully saturated rings. The van der Waals surface area contributed by atoms with Crippen LogP contribution in [0, 0.1) is 0 Å². The van der Waals surface area contributed by atoms with Crippen molar-refractivity contribution in [2.45, 2.75) is 241 Å². The Morgan fingerprint density at radius 2 is 0.691 bits per heavy atom. The van der Waals surface area contributed by atoms with Crippen molar-refractivity contribution in [3.63, 3.8) is 0 Å². The van der Waals surface area contributed by atoms with Crippen LogP contribution in [-0.2, 0) is 43.0 Å². The molecule has 4 rings (SSSR count). The molecule has 3 aliphatic rings. The van der Waals surface area contributed by atoms with Crippen LogP contribution in [0.25, 0.3) is 0 Å². The van der Waals surface area contributed by atoms with Gasteiger partial charge in [0.1, 0.15) is 54.9 Å². The number of rotatable bonds is 49. The molecule has 0 saturated carbocycles. The van der Waals surface area contributed by atoms with Gasteiger partial charge in [0.05, 0.1) is 64.3 Å². The highest BCUT2D eigenvalue weighted by Crippen LogP contribution is 2.44. The Morgan fingerprint density at radius 1 is 0.433 bits per heavy atom. The predicted molar refractivity (Wildman–Crippen MR) is 379 cm³/mol. The third-order valence-electron chi connectivity index (χ3n) is 17.6. The minimum atomic E-state index is -2.11. The third kappa shape index (κ3) is 27.1. The summed E-state index contributed by atoms with van der Waals surface area (Å²) in [7, 11) is -2.11. The van der Waals surface area contributed by atoms with Crippen molar-refractivity contribution in [2.75, 3.05) is 71.6 Å². The highest BCUT2D eigenvalue weighted by molar-refractivity contribution is 8.01. The average molecular weight is 1510 g/mol. The van der Waals surface area contributed by atoms with Gasteiger partial charge in [-0.15, -0.1) is 35.3 Å². The number of carboxylic acids is 3. The van der Waals surface area contributed by atoms with E-state index in [1.807, 2.05) is 41.4 Å². The van der Waals surface area contributed by atoms with E-state index in [0.29, 0.717) is 36.5 Å². The lowest BCUT2D eigenvalue weighted by Crippen LogP contribution is -2.66. The topological polar surface area (TPSA) is 470 Å². The molecule has 1 aromatic rings. The van der Waals surface area contributed by atoms with Crippen LogP contribution in [0.1, 0.15) is 117 Å². The van der Waals surface area contributed by atoms with E-state index in [0.717, 1.165) is 146 Å². The molecule has 97 heavy (non-hydrogen) atoms. The van der Waals surface area contributed by atoms with Gasteiger partial charge in [-0.05, 0) is 110 Å². The molecular weight excluding hydrogens is 1400 g/mol. The molecule has 3 aliphatic heterocycles. The van der Waals surface area contributed by atoms with E-state index in [-0.39, 0.29) is 19.3 Å². The van der Waals surface area contributed by atoms with Crippen LogP contribution >= 0.6 is 70.6 Å². The number of aliphatic hydroxyl groups is 12. The summed E-state index contributed by atoms with van der Waals surface area (Å²) in [6.45, 7) is 0.984. The molecule has 1 aromatic carbocycles. The van der Waals surface area contributed by atoms with Gasteiger partial charge in [0.25, 0.3) is 0 Å². The number of carbonyl (C=O) groups excluding carboxylic acids is 3. The Hall–Kier alpha value is -2.24. The second kappa shape index (κ2) is 44.4. The summed E-state index contributed by atoms with van der Waals surface area (Å²) in [5.74, 6) is 0.734. The molecule has 558 valence electrons. The summed E-state index contributed by atoms with van der Waals surface area (Å²) in [4.78, 5) is 68.0. The zero-order valence-electron chi connectivity index (χ0n) is 55.6. The predicted octanol–water partition coefficient (Wildman–Crippen LogP) is 0.871. The first-order valence-electron chi connectivity index (χ1n) is 33.3. The largest absolute Gasteiger partial charge is 0.478 e. The summed E-state index contributed by atoms with van der Waals surface area (Å²) < 4.78 is 17.8. The first-order valence-corrected chi connectivity index (χ1v) is 42.3. The van der Waals surface area contributed by atoms with Crippen molar-refractivity contribution >= 4 is 119 Å². The summed E-state index contributed by atoms with van der Waals surface area (Å²) >= 11 is 8.55. The van der Waals surface area contributed by atoms with Crippen LogP contribution in [0.2, 0.25) is 18.1 Å². The number of unbranched alkanes of at least 4 members (excludes halogenated alkanes) is 6. The van der Waals surface area contributed by atoms with Crippen molar-refractivity contribution in [3.05, 3.63) is 30.3 Å². The minimum absolute atomic E-state index is 0.354. The van der Waals surface area contributed by atoms with Gasteiger partial charge in [0.2, 0.25) is 32.5 Å². The average Bonchev–Trinajstić information content (AvgIpc) is 0.788. The Morgan fingerprint density at radius 3 is 0.938 bits per heavy atom. The molecule has 0 spiro atoms. The summed E-state index contributed by atoms with van der Waals surface area (Å²) in [5, 5.41) is 164. The van der Waals surface area contributed by atoms with Crippen LogP contribution in [0.15, 0.2) is 30.3 Å². The number of carboxylic acid groups (broad SMARTS) is 3. The Balaban J connectivity index is 1.33. The van der Waals surface area contributed by atoms with Gasteiger partial charge in [-0.2, -0.15) is 35.3 Å². The number of amides is 3. The molecule has 18 N–H and O–H groups in total. The van der Waals surface area contributed by atoms with E-state index in [2.05, 4.69) is 40.2 Å². The van der Waals surface area contributed by atoms with Gasteiger partial charge in [-0.25, -0.2) is 14.4 Å². The fourth-order valence-electron chi connectivity index (χ4n) is 12.4. The molecule has 0 unspecified atom stereocenters. The fraction of sp³-hybridized carbons (Fsp3) is 0.810. The minimum Gasteiger partial charge on any atom is -0.478 e. The second-order valence-electron chi connectivity index (χ2n) is 25.2. The Labute approximate surface area is 594 Å². The van der Waals surface area contributed by atoms with Gasteiger partial charge >= 0.3 is 17.9 Å². The smallest absolute Gasteiger partial charge is 0.346 e. The van der Waals surface area contributed by atoms with Crippen LogP contribution in [0.3, 0.4) is 0 Å². The van der Waals surface area contributed by atoms with Gasteiger partial charge in [0.15, 0.2) is 0 Å². The van der Waals surface area contributed by atoms with E-state index in [4.69, 9.17) is 14.2 Å². The van der Waals surface area contributed by atoms with Gasteiger partial charge in [0, 0.05) is 40.0 Å². The molecule has 0 aliphatic carbocycles. The first-order chi connectivity index (χ1) is 46.1. The quantitative estimate of drug-likeness (QED) is 0.0318. The lowest BCUT2D eigenvalue weighted by molar-refractivity contribution is -0.205. The summed E-state index contributed by atoms with van der Waals surface area (Å²) in [5.41, 5.74) is 0. The molecule has 18 atom stereocenters.